The van der Waals surface area contributed by atoms with Gasteiger partial charge in [-0.2, -0.15) is 0 Å². The highest BCUT2D eigenvalue weighted by atomic mass is 16.5. The predicted octanol–water partition coefficient (Wildman–Crippen LogP) is 2.93. The van der Waals surface area contributed by atoms with E-state index in [1.165, 1.54) is 12.0 Å². The molecule has 1 aromatic rings. The van der Waals surface area contributed by atoms with Gasteiger partial charge in [-0.1, -0.05) is 26.0 Å². The lowest BCUT2D eigenvalue weighted by Gasteiger charge is -2.25. The van der Waals surface area contributed by atoms with Crippen molar-refractivity contribution < 1.29 is 4.74 Å². The van der Waals surface area contributed by atoms with Crippen LogP contribution in [0.5, 0.6) is 5.75 Å². The Morgan fingerprint density at radius 1 is 1.32 bits per heavy atom. The van der Waals surface area contributed by atoms with Gasteiger partial charge in [0.1, 0.15) is 5.75 Å². The standard InChI is InChI=1S/C16H28N2O/c1-13(2)9-10-18(4)12-16(17-3)14-7-6-8-15(11-14)19-5/h6-8,11,13,16-17H,9-10,12H2,1-5H3. The van der Waals surface area contributed by atoms with Gasteiger partial charge < -0.3 is 15.0 Å². The van der Waals surface area contributed by atoms with E-state index in [0.717, 1.165) is 24.8 Å². The van der Waals surface area contributed by atoms with Gasteiger partial charge in [-0.05, 0) is 50.7 Å². The largest absolute Gasteiger partial charge is 0.497 e. The first-order valence-electron chi connectivity index (χ1n) is 7.06. The molecule has 1 atom stereocenters. The van der Waals surface area contributed by atoms with Crippen molar-refractivity contribution in [3.8, 4) is 5.75 Å². The minimum Gasteiger partial charge on any atom is -0.497 e. The SMILES string of the molecule is CNC(CN(C)CCC(C)C)c1cccc(OC)c1. The molecule has 3 heteroatoms. The van der Waals surface area contributed by atoms with E-state index in [4.69, 9.17) is 4.74 Å². The highest BCUT2D eigenvalue weighted by Gasteiger charge is 2.12. The quantitative estimate of drug-likeness (QED) is 0.781. The maximum Gasteiger partial charge on any atom is 0.119 e. The first-order valence-corrected chi connectivity index (χ1v) is 7.06. The summed E-state index contributed by atoms with van der Waals surface area (Å²) in [6.07, 6.45) is 1.24. The van der Waals surface area contributed by atoms with Crippen LogP contribution in [0.1, 0.15) is 31.9 Å². The molecule has 0 heterocycles. The van der Waals surface area contributed by atoms with E-state index in [1.807, 2.05) is 19.2 Å². The molecule has 3 nitrogen and oxygen atoms in total. The summed E-state index contributed by atoms with van der Waals surface area (Å²) in [5, 5.41) is 3.39. The van der Waals surface area contributed by atoms with Gasteiger partial charge in [-0.25, -0.2) is 0 Å². The summed E-state index contributed by atoms with van der Waals surface area (Å²) in [6, 6.07) is 8.63. The molecule has 0 saturated carbocycles. The molecule has 1 aromatic carbocycles. The van der Waals surface area contributed by atoms with Crippen molar-refractivity contribution in [1.82, 2.24) is 10.2 Å². The molecule has 0 aromatic heterocycles. The Morgan fingerprint density at radius 2 is 2.05 bits per heavy atom. The summed E-state index contributed by atoms with van der Waals surface area (Å²) in [5.41, 5.74) is 1.28. The second kappa shape index (κ2) is 8.18. The Hall–Kier alpha value is -1.06. The molecule has 0 saturated heterocycles. The van der Waals surface area contributed by atoms with Crippen molar-refractivity contribution in [3.63, 3.8) is 0 Å². The first-order chi connectivity index (χ1) is 9.06. The van der Waals surface area contributed by atoms with Crippen LogP contribution in [0.3, 0.4) is 0 Å². The lowest BCUT2D eigenvalue weighted by Crippen LogP contribution is -2.32. The van der Waals surface area contributed by atoms with E-state index < -0.39 is 0 Å². The second-order valence-corrected chi connectivity index (χ2v) is 5.56. The number of hydrogen-bond acceptors (Lipinski definition) is 3. The molecule has 108 valence electrons. The molecule has 1 rings (SSSR count). The van der Waals surface area contributed by atoms with E-state index in [2.05, 4.69) is 43.2 Å². The highest BCUT2D eigenvalue weighted by Crippen LogP contribution is 2.19. The number of nitrogens with one attached hydrogen (secondary N) is 1. The summed E-state index contributed by atoms with van der Waals surface area (Å²) in [5.74, 6) is 1.68. The Bertz CT molecular complexity index is 366. The fourth-order valence-corrected chi connectivity index (χ4v) is 2.10. The predicted molar refractivity (Wildman–Crippen MR) is 81.7 cm³/mol. The number of likely N-dealkylation sites (N-methyl/N-ethyl adjacent to an activating group) is 2. The average Bonchev–Trinajstić information content (AvgIpc) is 2.42. The fraction of sp³-hybridized carbons (Fsp3) is 0.625. The van der Waals surface area contributed by atoms with Crippen LogP contribution in [-0.4, -0.2) is 39.2 Å². The molecule has 0 aliphatic rings. The Morgan fingerprint density at radius 3 is 2.63 bits per heavy atom. The minimum atomic E-state index is 0.340. The molecular formula is C16H28N2O. The van der Waals surface area contributed by atoms with Crippen molar-refractivity contribution in [2.45, 2.75) is 26.3 Å². The lowest BCUT2D eigenvalue weighted by molar-refractivity contribution is 0.279. The Kier molecular flexibility index (Phi) is 6.89. The number of nitrogens with zero attached hydrogens (tertiary/aromatic N) is 1. The van der Waals surface area contributed by atoms with Gasteiger partial charge in [0.25, 0.3) is 0 Å². The Balaban J connectivity index is 2.61. The van der Waals surface area contributed by atoms with Gasteiger partial charge in [0.2, 0.25) is 0 Å². The highest BCUT2D eigenvalue weighted by molar-refractivity contribution is 5.30. The molecule has 1 N–H and O–H groups in total. The van der Waals surface area contributed by atoms with Crippen molar-refractivity contribution >= 4 is 0 Å². The van der Waals surface area contributed by atoms with Crippen LogP contribution in [0, 0.1) is 5.92 Å². The molecule has 0 aliphatic carbocycles. The zero-order chi connectivity index (χ0) is 14.3. The zero-order valence-corrected chi connectivity index (χ0v) is 12.9. The third-order valence-corrected chi connectivity index (χ3v) is 3.43. The fourth-order valence-electron chi connectivity index (χ4n) is 2.10. The second-order valence-electron chi connectivity index (χ2n) is 5.56. The van der Waals surface area contributed by atoms with Crippen LogP contribution >= 0.6 is 0 Å². The number of ether oxygens (including phenoxy) is 1. The number of benzene rings is 1. The molecule has 0 fully saturated rings. The van der Waals surface area contributed by atoms with E-state index in [-0.39, 0.29) is 0 Å². The van der Waals surface area contributed by atoms with E-state index in [0.29, 0.717) is 6.04 Å². The van der Waals surface area contributed by atoms with E-state index in [1.54, 1.807) is 7.11 Å². The monoisotopic (exact) mass is 264 g/mol. The lowest BCUT2D eigenvalue weighted by atomic mass is 10.1. The molecule has 0 bridgehead atoms. The molecule has 19 heavy (non-hydrogen) atoms. The maximum atomic E-state index is 5.29. The van der Waals surface area contributed by atoms with E-state index in [9.17, 15) is 0 Å². The van der Waals surface area contributed by atoms with E-state index >= 15 is 0 Å². The summed E-state index contributed by atoms with van der Waals surface area (Å²) < 4.78 is 5.29. The maximum absolute atomic E-state index is 5.29. The molecular weight excluding hydrogens is 236 g/mol. The Labute approximate surface area is 118 Å². The van der Waals surface area contributed by atoms with Crippen LogP contribution in [0.4, 0.5) is 0 Å². The van der Waals surface area contributed by atoms with Crippen molar-refractivity contribution in [3.05, 3.63) is 29.8 Å². The third-order valence-electron chi connectivity index (χ3n) is 3.43. The topological polar surface area (TPSA) is 24.5 Å². The zero-order valence-electron chi connectivity index (χ0n) is 12.9. The smallest absolute Gasteiger partial charge is 0.119 e. The number of methoxy groups -OCH3 is 1. The van der Waals surface area contributed by atoms with Gasteiger partial charge in [-0.15, -0.1) is 0 Å². The molecule has 0 amide bonds. The van der Waals surface area contributed by atoms with Crippen molar-refractivity contribution in [1.29, 1.82) is 0 Å². The first kappa shape index (κ1) is 16.0. The summed E-state index contributed by atoms with van der Waals surface area (Å²) in [4.78, 5) is 2.39. The van der Waals surface area contributed by atoms with Crippen LogP contribution < -0.4 is 10.1 Å². The van der Waals surface area contributed by atoms with Crippen LogP contribution in [0.25, 0.3) is 0 Å². The van der Waals surface area contributed by atoms with Gasteiger partial charge in [0.05, 0.1) is 7.11 Å². The molecule has 0 spiro atoms. The summed E-state index contributed by atoms with van der Waals surface area (Å²) >= 11 is 0. The van der Waals surface area contributed by atoms with Crippen molar-refractivity contribution in [2.75, 3.05) is 34.3 Å². The van der Waals surface area contributed by atoms with Gasteiger partial charge in [0, 0.05) is 12.6 Å². The molecule has 0 aliphatic heterocycles. The average molecular weight is 264 g/mol. The number of hydrogen-bond donors (Lipinski definition) is 1. The summed E-state index contributed by atoms with van der Waals surface area (Å²) in [6.45, 7) is 6.69. The van der Waals surface area contributed by atoms with Crippen molar-refractivity contribution in [2.24, 2.45) is 5.92 Å². The van der Waals surface area contributed by atoms with Gasteiger partial charge in [-0.3, -0.25) is 0 Å². The van der Waals surface area contributed by atoms with Gasteiger partial charge in [0.15, 0.2) is 0 Å². The normalized spacial score (nSPS) is 13.0. The molecule has 1 unspecified atom stereocenters. The van der Waals surface area contributed by atoms with Gasteiger partial charge >= 0.3 is 0 Å². The van der Waals surface area contributed by atoms with Crippen LogP contribution in [0.15, 0.2) is 24.3 Å². The number of rotatable bonds is 8. The third kappa shape index (κ3) is 5.62. The summed E-state index contributed by atoms with van der Waals surface area (Å²) in [7, 11) is 5.91. The molecule has 0 radical (unpaired) electrons. The van der Waals surface area contributed by atoms with Crippen LogP contribution in [0.2, 0.25) is 0 Å². The minimum absolute atomic E-state index is 0.340. The van der Waals surface area contributed by atoms with Crippen LogP contribution in [-0.2, 0) is 0 Å².